The highest BCUT2D eigenvalue weighted by atomic mass is 19.2. The Kier molecular flexibility index (Phi) is 7.68. The van der Waals surface area contributed by atoms with Crippen molar-refractivity contribution in [2.75, 3.05) is 5.73 Å². The van der Waals surface area contributed by atoms with E-state index in [-0.39, 0.29) is 37.5 Å². The lowest BCUT2D eigenvalue weighted by Crippen LogP contribution is -2.33. The highest BCUT2D eigenvalue weighted by molar-refractivity contribution is 5.91. The molecule has 0 saturated heterocycles. The highest BCUT2D eigenvalue weighted by Crippen LogP contribution is 2.21. The van der Waals surface area contributed by atoms with E-state index in [1.165, 1.54) is 6.07 Å². The van der Waals surface area contributed by atoms with Gasteiger partial charge in [0.15, 0.2) is 11.6 Å². The number of hydrogen-bond donors (Lipinski definition) is 2. The van der Waals surface area contributed by atoms with E-state index < -0.39 is 17.6 Å². The Morgan fingerprint density at radius 3 is 2.58 bits per heavy atom. The summed E-state index contributed by atoms with van der Waals surface area (Å²) in [5, 5.41) is 8.78. The number of nitrogens with one attached hydrogen (secondary N) is 1. The first-order valence-electron chi connectivity index (χ1n) is 11.6. The van der Waals surface area contributed by atoms with E-state index in [1.54, 1.807) is 17.1 Å². The molecule has 0 aliphatic heterocycles. The molecule has 7 nitrogen and oxygen atoms in total. The van der Waals surface area contributed by atoms with Crippen LogP contribution < -0.4 is 11.1 Å². The van der Waals surface area contributed by atoms with Gasteiger partial charge in [0.2, 0.25) is 5.91 Å². The van der Waals surface area contributed by atoms with Gasteiger partial charge < -0.3 is 11.1 Å². The number of pyridine rings is 1. The summed E-state index contributed by atoms with van der Waals surface area (Å²) in [5.41, 5.74) is 8.14. The summed E-state index contributed by atoms with van der Waals surface area (Å²) in [7, 11) is 0. The normalized spacial score (nSPS) is 12.0. The summed E-state index contributed by atoms with van der Waals surface area (Å²) in [6.45, 7) is 2.55. The fraction of sp³-hybridized carbons (Fsp3) is 0.259. The van der Waals surface area contributed by atoms with Crippen LogP contribution in [0.5, 0.6) is 0 Å². The van der Waals surface area contributed by atoms with Gasteiger partial charge >= 0.3 is 0 Å². The van der Waals surface area contributed by atoms with E-state index >= 15 is 0 Å². The quantitative estimate of drug-likeness (QED) is 0.347. The number of carbonyl (C=O) groups excluding carboxylic acids is 2. The van der Waals surface area contributed by atoms with Gasteiger partial charge in [0.25, 0.3) is 0 Å². The molecule has 0 saturated carbocycles. The molecule has 2 aromatic heterocycles. The minimum absolute atomic E-state index is 0.0227. The zero-order valence-corrected chi connectivity index (χ0v) is 19.9. The van der Waals surface area contributed by atoms with Crippen molar-refractivity contribution in [1.29, 1.82) is 0 Å². The number of anilines is 1. The molecule has 1 amide bonds. The molecule has 0 spiro atoms. The minimum atomic E-state index is -0.989. The van der Waals surface area contributed by atoms with Gasteiger partial charge in [0, 0.05) is 55.3 Å². The lowest BCUT2D eigenvalue weighted by molar-refractivity contribution is -0.129. The Balaban J connectivity index is 1.45. The van der Waals surface area contributed by atoms with Crippen molar-refractivity contribution in [2.24, 2.45) is 5.92 Å². The second-order valence-electron chi connectivity index (χ2n) is 8.81. The first kappa shape index (κ1) is 25.0. The number of benzene rings is 2. The van der Waals surface area contributed by atoms with Gasteiger partial charge in [-0.1, -0.05) is 18.2 Å². The van der Waals surface area contributed by atoms with Crippen LogP contribution in [0.3, 0.4) is 0 Å². The van der Waals surface area contributed by atoms with Crippen LogP contribution >= 0.6 is 0 Å². The van der Waals surface area contributed by atoms with E-state index in [0.717, 1.165) is 34.2 Å². The average molecular weight is 492 g/mol. The van der Waals surface area contributed by atoms with Crippen molar-refractivity contribution in [2.45, 2.75) is 39.3 Å². The standard InChI is InChI=1S/C27H27F2N5O2/c1-17-6-10-33-34(17)11-8-22(35)15-21(12-18-3-5-24(28)25(29)14-18)27(36)32-16-19-2-4-23-20(13-19)7-9-31-26(23)30/h2-7,9-10,13-14,21H,8,11-12,15-16H2,1H3,(H2,30,31)(H,32,36)/t21-/m1/s1. The molecular weight excluding hydrogens is 464 g/mol. The molecule has 0 fully saturated rings. The van der Waals surface area contributed by atoms with Crippen LogP contribution in [0.1, 0.15) is 29.7 Å². The van der Waals surface area contributed by atoms with Gasteiger partial charge in [-0.2, -0.15) is 5.10 Å². The smallest absolute Gasteiger partial charge is 0.224 e. The minimum Gasteiger partial charge on any atom is -0.383 e. The maximum atomic E-state index is 13.8. The van der Waals surface area contributed by atoms with E-state index in [2.05, 4.69) is 15.4 Å². The lowest BCUT2D eigenvalue weighted by atomic mass is 9.92. The maximum absolute atomic E-state index is 13.8. The Hall–Kier alpha value is -4.14. The van der Waals surface area contributed by atoms with Crippen LogP contribution in [0.4, 0.5) is 14.6 Å². The molecule has 2 heterocycles. The SMILES string of the molecule is Cc1ccnn1CCC(=O)C[C@@H](Cc1ccc(F)c(F)c1)C(=O)NCc1ccc2c(N)nccc2c1. The fourth-order valence-corrected chi connectivity index (χ4v) is 4.14. The third-order valence-electron chi connectivity index (χ3n) is 6.17. The second-order valence-corrected chi connectivity index (χ2v) is 8.81. The van der Waals surface area contributed by atoms with Gasteiger partial charge in [-0.25, -0.2) is 13.8 Å². The van der Waals surface area contributed by atoms with E-state index in [0.29, 0.717) is 17.9 Å². The third kappa shape index (κ3) is 6.10. The van der Waals surface area contributed by atoms with Crippen molar-refractivity contribution in [1.82, 2.24) is 20.1 Å². The van der Waals surface area contributed by atoms with Gasteiger partial charge in [-0.3, -0.25) is 14.3 Å². The number of Topliss-reactive ketones (excluding diaryl/α,β-unsaturated/α-hetero) is 1. The Labute approximate surface area is 207 Å². The molecule has 4 rings (SSSR count). The first-order valence-corrected chi connectivity index (χ1v) is 11.6. The van der Waals surface area contributed by atoms with Crippen LogP contribution in [0, 0.1) is 24.5 Å². The number of rotatable bonds is 10. The Morgan fingerprint density at radius 1 is 1.03 bits per heavy atom. The molecule has 0 unspecified atom stereocenters. The number of halogens is 2. The summed E-state index contributed by atoms with van der Waals surface area (Å²) in [5.74, 6) is -2.70. The number of ketones is 1. The van der Waals surface area contributed by atoms with E-state index in [9.17, 15) is 18.4 Å². The number of nitrogen functional groups attached to an aromatic ring is 1. The number of amides is 1. The van der Waals surface area contributed by atoms with Gasteiger partial charge in [-0.15, -0.1) is 0 Å². The van der Waals surface area contributed by atoms with Crippen molar-refractivity contribution in [3.05, 3.63) is 89.4 Å². The number of nitrogens with zero attached hydrogens (tertiary/aromatic N) is 3. The summed E-state index contributed by atoms with van der Waals surface area (Å²) in [6, 6.07) is 12.8. The molecule has 36 heavy (non-hydrogen) atoms. The molecule has 4 aromatic rings. The third-order valence-corrected chi connectivity index (χ3v) is 6.17. The number of fused-ring (bicyclic) bond motifs is 1. The van der Waals surface area contributed by atoms with Gasteiger partial charge in [0.1, 0.15) is 11.6 Å². The molecule has 0 aliphatic rings. The molecule has 1 atom stereocenters. The predicted octanol–water partition coefficient (Wildman–Crippen LogP) is 4.12. The molecule has 186 valence electrons. The number of carbonyl (C=O) groups is 2. The molecule has 9 heteroatoms. The van der Waals surface area contributed by atoms with Crippen LogP contribution in [0.15, 0.2) is 60.9 Å². The zero-order chi connectivity index (χ0) is 25.7. The molecule has 0 aliphatic carbocycles. The predicted molar refractivity (Wildman–Crippen MR) is 133 cm³/mol. The molecule has 3 N–H and O–H groups in total. The topological polar surface area (TPSA) is 103 Å². The molecule has 2 aromatic carbocycles. The number of nitrogens with two attached hydrogens (primary N) is 1. The molecule has 0 radical (unpaired) electrons. The summed E-state index contributed by atoms with van der Waals surface area (Å²) >= 11 is 0. The van der Waals surface area contributed by atoms with Crippen molar-refractivity contribution >= 4 is 28.3 Å². The van der Waals surface area contributed by atoms with Crippen LogP contribution in [0.2, 0.25) is 0 Å². The largest absolute Gasteiger partial charge is 0.383 e. The summed E-state index contributed by atoms with van der Waals surface area (Å²) < 4.78 is 28.9. The van der Waals surface area contributed by atoms with Crippen molar-refractivity contribution < 1.29 is 18.4 Å². The van der Waals surface area contributed by atoms with Crippen LogP contribution in [0.25, 0.3) is 10.8 Å². The average Bonchev–Trinajstić information content (AvgIpc) is 3.27. The summed E-state index contributed by atoms with van der Waals surface area (Å²) in [4.78, 5) is 30.0. The second kappa shape index (κ2) is 11.1. The van der Waals surface area contributed by atoms with Gasteiger partial charge in [0.05, 0.1) is 0 Å². The number of hydrogen-bond acceptors (Lipinski definition) is 5. The van der Waals surface area contributed by atoms with Crippen molar-refractivity contribution in [3.8, 4) is 0 Å². The van der Waals surface area contributed by atoms with Gasteiger partial charge in [-0.05, 0) is 60.2 Å². The number of aromatic nitrogens is 3. The lowest BCUT2D eigenvalue weighted by Gasteiger charge is -2.17. The molecular formula is C27H27F2N5O2. The zero-order valence-electron chi connectivity index (χ0n) is 19.9. The molecule has 0 bridgehead atoms. The Morgan fingerprint density at radius 2 is 1.83 bits per heavy atom. The highest BCUT2D eigenvalue weighted by Gasteiger charge is 2.23. The van der Waals surface area contributed by atoms with E-state index in [1.807, 2.05) is 37.3 Å². The van der Waals surface area contributed by atoms with Crippen LogP contribution in [-0.2, 0) is 29.1 Å². The Bertz CT molecular complexity index is 1400. The van der Waals surface area contributed by atoms with Crippen molar-refractivity contribution in [3.63, 3.8) is 0 Å². The number of aryl methyl sites for hydroxylation is 2. The van der Waals surface area contributed by atoms with E-state index in [4.69, 9.17) is 5.73 Å². The van der Waals surface area contributed by atoms with Crippen LogP contribution in [-0.4, -0.2) is 26.5 Å². The summed E-state index contributed by atoms with van der Waals surface area (Å²) in [6.07, 6.45) is 3.58. The first-order chi connectivity index (χ1) is 17.3. The fourth-order valence-electron chi connectivity index (χ4n) is 4.14. The maximum Gasteiger partial charge on any atom is 0.224 e. The monoisotopic (exact) mass is 491 g/mol.